The lowest BCUT2D eigenvalue weighted by atomic mass is 9.68. The number of hydrogen-bond donors (Lipinski definition) is 1. The summed E-state index contributed by atoms with van der Waals surface area (Å²) in [7, 11) is 0. The summed E-state index contributed by atoms with van der Waals surface area (Å²) in [5.74, 6) is -1.42. The highest BCUT2D eigenvalue weighted by Crippen LogP contribution is 2.51. The Bertz CT molecular complexity index is 1740. The summed E-state index contributed by atoms with van der Waals surface area (Å²) in [6.07, 6.45) is 0.741. The van der Waals surface area contributed by atoms with Crippen LogP contribution >= 0.6 is 27.5 Å². The van der Waals surface area contributed by atoms with Crippen LogP contribution in [0.5, 0.6) is 5.75 Å². The van der Waals surface area contributed by atoms with Gasteiger partial charge in [-0.1, -0.05) is 53.5 Å². The monoisotopic (exact) mass is 651 g/mol. The van der Waals surface area contributed by atoms with Crippen molar-refractivity contribution in [3.8, 4) is 11.8 Å². The van der Waals surface area contributed by atoms with Crippen LogP contribution in [0, 0.1) is 42.2 Å². The highest BCUT2D eigenvalue weighted by Gasteiger charge is 2.45. The molecule has 1 unspecified atom stereocenters. The van der Waals surface area contributed by atoms with E-state index in [1.165, 1.54) is 29.2 Å². The maximum Gasteiger partial charge on any atom is 0.162 e. The van der Waals surface area contributed by atoms with Crippen molar-refractivity contribution >= 4 is 39.0 Å². The molecule has 0 spiro atoms. The molecule has 0 saturated heterocycles. The van der Waals surface area contributed by atoms with Gasteiger partial charge in [0.1, 0.15) is 29.8 Å². The minimum Gasteiger partial charge on any atom is -0.487 e. The van der Waals surface area contributed by atoms with Crippen LogP contribution in [-0.4, -0.2) is 5.78 Å². The Kier molecular flexibility index (Phi) is 7.95. The molecule has 0 aromatic heterocycles. The largest absolute Gasteiger partial charge is 0.487 e. The van der Waals surface area contributed by atoms with Gasteiger partial charge in [0.15, 0.2) is 5.78 Å². The molecule has 5 rings (SSSR count). The van der Waals surface area contributed by atoms with E-state index in [9.17, 15) is 14.4 Å². The lowest BCUT2D eigenvalue weighted by Gasteiger charge is -2.44. The second kappa shape index (κ2) is 11.2. The number of nitrogens with two attached hydrogens (primary N) is 1. The Morgan fingerprint density at radius 1 is 1.12 bits per heavy atom. The third-order valence-electron chi connectivity index (χ3n) is 7.84. The van der Waals surface area contributed by atoms with E-state index < -0.39 is 23.0 Å². The SMILES string of the molecule is Cc1cc(C)c(C2C(C#N)=C(N)N(c3ccc(Br)cc3F)C3=C2C(=O)CC(C)(C)C3)cc1COc1ccc(F)cc1Cl. The van der Waals surface area contributed by atoms with Gasteiger partial charge in [-0.05, 0) is 84.3 Å². The first-order valence-corrected chi connectivity index (χ1v) is 14.6. The molecular weight excluding hydrogens is 624 g/mol. The topological polar surface area (TPSA) is 79.4 Å². The molecule has 216 valence electrons. The Labute approximate surface area is 257 Å². The molecule has 0 fully saturated rings. The van der Waals surface area contributed by atoms with Gasteiger partial charge in [-0.15, -0.1) is 0 Å². The number of hydrogen-bond acceptors (Lipinski definition) is 5. The molecule has 2 aliphatic rings. The first kappa shape index (κ1) is 29.8. The molecule has 1 atom stereocenters. The number of benzene rings is 3. The molecule has 3 aromatic carbocycles. The quantitative estimate of drug-likeness (QED) is 0.299. The van der Waals surface area contributed by atoms with Crippen molar-refractivity contribution < 1.29 is 18.3 Å². The molecule has 1 heterocycles. The number of halogens is 4. The third-order valence-corrected chi connectivity index (χ3v) is 8.63. The predicted molar refractivity (Wildman–Crippen MR) is 163 cm³/mol. The zero-order chi connectivity index (χ0) is 30.5. The van der Waals surface area contributed by atoms with Gasteiger partial charge in [-0.3, -0.25) is 9.69 Å². The van der Waals surface area contributed by atoms with Crippen LogP contribution in [0.2, 0.25) is 5.02 Å². The van der Waals surface area contributed by atoms with Crippen molar-refractivity contribution in [2.24, 2.45) is 11.1 Å². The Morgan fingerprint density at radius 2 is 1.86 bits per heavy atom. The number of Topliss-reactive ketones (excluding diaryl/α,β-unsaturated/α-hetero) is 1. The van der Waals surface area contributed by atoms with E-state index >= 15 is 4.39 Å². The molecule has 0 bridgehead atoms. The molecule has 0 radical (unpaired) electrons. The van der Waals surface area contributed by atoms with E-state index in [0.29, 0.717) is 27.9 Å². The van der Waals surface area contributed by atoms with Gasteiger partial charge in [-0.25, -0.2) is 8.78 Å². The number of nitrogens with zero attached hydrogens (tertiary/aromatic N) is 2. The number of rotatable bonds is 5. The zero-order valence-electron chi connectivity index (χ0n) is 23.6. The van der Waals surface area contributed by atoms with Crippen LogP contribution in [0.25, 0.3) is 0 Å². The Hall–Kier alpha value is -3.67. The predicted octanol–water partition coefficient (Wildman–Crippen LogP) is 8.52. The second-order valence-electron chi connectivity index (χ2n) is 11.6. The highest BCUT2D eigenvalue weighted by molar-refractivity contribution is 9.10. The number of carbonyl (C=O) groups is 1. The molecule has 2 N–H and O–H groups in total. The Balaban J connectivity index is 1.67. The maximum atomic E-state index is 15.4. The van der Waals surface area contributed by atoms with Crippen LogP contribution in [-0.2, 0) is 11.4 Å². The summed E-state index contributed by atoms with van der Waals surface area (Å²) in [4.78, 5) is 15.5. The average molecular weight is 653 g/mol. The average Bonchev–Trinajstić information content (AvgIpc) is 2.89. The first-order chi connectivity index (χ1) is 19.8. The molecule has 9 heteroatoms. The van der Waals surface area contributed by atoms with Gasteiger partial charge in [0, 0.05) is 22.2 Å². The number of anilines is 1. The van der Waals surface area contributed by atoms with Crippen LogP contribution < -0.4 is 15.4 Å². The van der Waals surface area contributed by atoms with Crippen molar-refractivity contribution in [2.75, 3.05) is 4.90 Å². The van der Waals surface area contributed by atoms with Crippen LogP contribution in [0.15, 0.2) is 75.7 Å². The Morgan fingerprint density at radius 3 is 2.52 bits per heavy atom. The summed E-state index contributed by atoms with van der Waals surface area (Å²) in [6, 6.07) is 14.7. The van der Waals surface area contributed by atoms with Crippen molar-refractivity contribution in [2.45, 2.75) is 53.1 Å². The van der Waals surface area contributed by atoms with E-state index in [1.54, 1.807) is 12.1 Å². The molecule has 5 nitrogen and oxygen atoms in total. The van der Waals surface area contributed by atoms with Gasteiger partial charge in [-0.2, -0.15) is 5.26 Å². The smallest absolute Gasteiger partial charge is 0.162 e. The third kappa shape index (κ3) is 5.44. The van der Waals surface area contributed by atoms with Gasteiger partial charge in [0.05, 0.1) is 28.3 Å². The molecular formula is C33H29BrClF2N3O2. The van der Waals surface area contributed by atoms with Gasteiger partial charge in [0.2, 0.25) is 0 Å². The molecule has 42 heavy (non-hydrogen) atoms. The normalized spacial score (nSPS) is 18.2. The molecule has 0 saturated carbocycles. The van der Waals surface area contributed by atoms with Gasteiger partial charge < -0.3 is 10.5 Å². The number of nitriles is 1. The summed E-state index contributed by atoms with van der Waals surface area (Å²) in [6.45, 7) is 7.98. The summed E-state index contributed by atoms with van der Waals surface area (Å²) >= 11 is 9.47. The number of ketones is 1. The van der Waals surface area contributed by atoms with E-state index in [1.807, 2.05) is 39.8 Å². The fourth-order valence-corrected chi connectivity index (χ4v) is 6.44. The summed E-state index contributed by atoms with van der Waals surface area (Å²) < 4.78 is 35.4. The number of ether oxygens (including phenoxy) is 1. The maximum absolute atomic E-state index is 15.4. The number of aryl methyl sites for hydroxylation is 2. The lowest BCUT2D eigenvalue weighted by Crippen LogP contribution is -2.42. The standard InChI is InChI=1S/C33H29BrClF2N3O2/c1-17-9-18(2)22(10-19(17)16-42-29-8-6-21(36)12-24(29)35)30-23(15-38)32(39)40(26-7-5-20(34)11-25(26)37)27-13-33(3,4)14-28(41)31(27)30/h5-12,30H,13-14,16,39H2,1-4H3. The van der Waals surface area contributed by atoms with Crippen molar-refractivity contribution in [3.05, 3.63) is 115 Å². The lowest BCUT2D eigenvalue weighted by molar-refractivity contribution is -0.118. The highest BCUT2D eigenvalue weighted by atomic mass is 79.9. The van der Waals surface area contributed by atoms with Crippen molar-refractivity contribution in [3.63, 3.8) is 0 Å². The molecule has 0 amide bonds. The number of carbonyl (C=O) groups excluding carboxylic acids is 1. The molecule has 1 aliphatic carbocycles. The fraction of sp³-hybridized carbons (Fsp3) is 0.273. The summed E-state index contributed by atoms with van der Waals surface area (Å²) in [5, 5.41) is 10.6. The second-order valence-corrected chi connectivity index (χ2v) is 12.9. The van der Waals surface area contributed by atoms with E-state index in [0.717, 1.165) is 22.3 Å². The van der Waals surface area contributed by atoms with Crippen LogP contribution in [0.1, 0.15) is 54.9 Å². The van der Waals surface area contributed by atoms with E-state index in [2.05, 4.69) is 22.0 Å². The van der Waals surface area contributed by atoms with E-state index in [4.69, 9.17) is 22.1 Å². The molecule has 3 aromatic rings. The fourth-order valence-electron chi connectivity index (χ4n) is 5.89. The van der Waals surface area contributed by atoms with E-state index in [-0.39, 0.29) is 40.9 Å². The van der Waals surface area contributed by atoms with Gasteiger partial charge >= 0.3 is 0 Å². The first-order valence-electron chi connectivity index (χ1n) is 13.4. The zero-order valence-corrected chi connectivity index (χ0v) is 26.0. The van der Waals surface area contributed by atoms with Crippen molar-refractivity contribution in [1.29, 1.82) is 5.26 Å². The van der Waals surface area contributed by atoms with Crippen LogP contribution in [0.4, 0.5) is 14.5 Å². The minimum atomic E-state index is -0.739. The minimum absolute atomic E-state index is 0.0869. The molecule has 1 aliphatic heterocycles. The number of allylic oxidation sites excluding steroid dienone is 3. The van der Waals surface area contributed by atoms with Crippen LogP contribution in [0.3, 0.4) is 0 Å². The van der Waals surface area contributed by atoms with Gasteiger partial charge in [0.25, 0.3) is 0 Å². The van der Waals surface area contributed by atoms with Crippen molar-refractivity contribution in [1.82, 2.24) is 0 Å². The summed E-state index contributed by atoms with van der Waals surface area (Å²) in [5.41, 5.74) is 11.0.